The molecule has 1 aliphatic rings. The Morgan fingerprint density at radius 2 is 2.12 bits per heavy atom. The first-order valence-electron chi connectivity index (χ1n) is 8.57. The van der Waals surface area contributed by atoms with E-state index < -0.39 is 0 Å². The maximum atomic E-state index is 9.97. The van der Waals surface area contributed by atoms with Gasteiger partial charge in [-0.15, -0.1) is 0 Å². The van der Waals surface area contributed by atoms with E-state index in [4.69, 9.17) is 9.72 Å². The number of methoxy groups -OCH3 is 1. The van der Waals surface area contributed by atoms with Crippen LogP contribution in [0.5, 0.6) is 11.5 Å². The molecule has 26 heavy (non-hydrogen) atoms. The molecule has 4 rings (SSSR count). The van der Waals surface area contributed by atoms with Crippen LogP contribution in [0.2, 0.25) is 0 Å². The Balaban J connectivity index is 1.52. The summed E-state index contributed by atoms with van der Waals surface area (Å²) in [6.07, 6.45) is 4.59. The fraction of sp³-hybridized carbons (Fsp3) is 0.250. The van der Waals surface area contributed by atoms with Crippen molar-refractivity contribution < 1.29 is 9.84 Å². The largest absolute Gasteiger partial charge is 0.504 e. The molecule has 0 amide bonds. The molecule has 0 bridgehead atoms. The Hall–Kier alpha value is -2.99. The number of phenols is 1. The van der Waals surface area contributed by atoms with Crippen LogP contribution in [0.1, 0.15) is 16.8 Å². The predicted octanol–water partition coefficient (Wildman–Crippen LogP) is 2.81. The number of benzene rings is 1. The van der Waals surface area contributed by atoms with Crippen LogP contribution in [0.15, 0.2) is 48.8 Å². The molecule has 0 atom stereocenters. The van der Waals surface area contributed by atoms with Gasteiger partial charge in [0.25, 0.3) is 0 Å². The highest BCUT2D eigenvalue weighted by molar-refractivity contribution is 5.49. The molecule has 0 radical (unpaired) electrons. The molecule has 1 N–H and O–H groups in total. The van der Waals surface area contributed by atoms with Gasteiger partial charge < -0.3 is 9.84 Å². The average molecular weight is 348 g/mol. The number of aromatic nitrogens is 3. The molecule has 0 fully saturated rings. The highest BCUT2D eigenvalue weighted by Gasteiger charge is 2.19. The molecule has 6 nitrogen and oxygen atoms in total. The minimum absolute atomic E-state index is 0.169. The van der Waals surface area contributed by atoms with Crippen molar-refractivity contribution >= 4 is 0 Å². The smallest absolute Gasteiger partial charge is 0.178 e. The lowest BCUT2D eigenvalue weighted by molar-refractivity contribution is 0.241. The zero-order valence-corrected chi connectivity index (χ0v) is 14.6. The summed E-state index contributed by atoms with van der Waals surface area (Å²) in [5.41, 5.74) is 4.07. The van der Waals surface area contributed by atoms with Crippen LogP contribution < -0.4 is 4.74 Å². The van der Waals surface area contributed by atoms with E-state index in [0.717, 1.165) is 43.0 Å². The number of nitrogens with zero attached hydrogens (tertiary/aromatic N) is 4. The van der Waals surface area contributed by atoms with E-state index >= 15 is 0 Å². The molecule has 0 spiro atoms. The van der Waals surface area contributed by atoms with Crippen LogP contribution in [0.4, 0.5) is 0 Å². The summed E-state index contributed by atoms with van der Waals surface area (Å²) in [6, 6.07) is 11.3. The molecule has 0 saturated carbocycles. The summed E-state index contributed by atoms with van der Waals surface area (Å²) in [6.45, 7) is 2.44. The molecule has 3 aromatic rings. The van der Waals surface area contributed by atoms with Gasteiger partial charge in [-0.05, 0) is 41.8 Å². The molecular formula is C20H20N4O2. The first kappa shape index (κ1) is 16.5. The topological polar surface area (TPSA) is 71.4 Å². The minimum Gasteiger partial charge on any atom is -0.504 e. The van der Waals surface area contributed by atoms with Crippen molar-refractivity contribution in [3.8, 4) is 23.0 Å². The number of hydrogen-bond donors (Lipinski definition) is 1. The summed E-state index contributed by atoms with van der Waals surface area (Å²) in [4.78, 5) is 15.8. The maximum Gasteiger partial charge on any atom is 0.178 e. The van der Waals surface area contributed by atoms with Crippen LogP contribution in [0.25, 0.3) is 11.5 Å². The minimum atomic E-state index is 0.169. The standard InChI is InChI=1S/C20H20N4O2/c1-26-19-6-5-14(10-18(19)25)12-24-9-7-15-11-22-20(23-17(15)13-24)16-4-2-3-8-21-16/h2-6,8,10-11,25H,7,9,12-13H2,1H3. The van der Waals surface area contributed by atoms with E-state index in [1.165, 1.54) is 5.56 Å². The predicted molar refractivity (Wildman–Crippen MR) is 97.7 cm³/mol. The second kappa shape index (κ2) is 7.09. The number of ether oxygens (including phenoxy) is 1. The van der Waals surface area contributed by atoms with Gasteiger partial charge in [-0.2, -0.15) is 0 Å². The summed E-state index contributed by atoms with van der Waals surface area (Å²) in [7, 11) is 1.55. The summed E-state index contributed by atoms with van der Waals surface area (Å²) in [5, 5.41) is 9.97. The van der Waals surface area contributed by atoms with E-state index in [1.807, 2.05) is 30.5 Å². The van der Waals surface area contributed by atoms with E-state index in [2.05, 4.69) is 14.9 Å². The van der Waals surface area contributed by atoms with E-state index in [9.17, 15) is 5.11 Å². The Labute approximate surface area is 152 Å². The van der Waals surface area contributed by atoms with Crippen molar-refractivity contribution in [2.45, 2.75) is 19.5 Å². The number of hydrogen-bond acceptors (Lipinski definition) is 6. The number of aromatic hydroxyl groups is 1. The fourth-order valence-electron chi connectivity index (χ4n) is 3.20. The van der Waals surface area contributed by atoms with E-state index in [-0.39, 0.29) is 5.75 Å². The maximum absolute atomic E-state index is 9.97. The van der Waals surface area contributed by atoms with Crippen molar-refractivity contribution in [1.82, 2.24) is 19.9 Å². The third-order valence-electron chi connectivity index (χ3n) is 4.57. The molecule has 6 heteroatoms. The lowest BCUT2D eigenvalue weighted by Gasteiger charge is -2.28. The van der Waals surface area contributed by atoms with Gasteiger partial charge in [0.1, 0.15) is 5.69 Å². The van der Waals surface area contributed by atoms with Gasteiger partial charge in [0.05, 0.1) is 12.8 Å². The molecule has 0 saturated heterocycles. The van der Waals surface area contributed by atoms with Crippen LogP contribution >= 0.6 is 0 Å². The molecular weight excluding hydrogens is 328 g/mol. The first-order valence-corrected chi connectivity index (χ1v) is 8.57. The van der Waals surface area contributed by atoms with E-state index in [1.54, 1.807) is 25.4 Å². The van der Waals surface area contributed by atoms with Gasteiger partial charge in [-0.3, -0.25) is 9.88 Å². The summed E-state index contributed by atoms with van der Waals surface area (Å²) in [5.74, 6) is 1.32. The molecule has 0 aliphatic carbocycles. The molecule has 1 aliphatic heterocycles. The van der Waals surface area contributed by atoms with Gasteiger partial charge in [0, 0.05) is 32.0 Å². The second-order valence-electron chi connectivity index (χ2n) is 6.35. The monoisotopic (exact) mass is 348 g/mol. The van der Waals surface area contributed by atoms with Gasteiger partial charge in [-0.25, -0.2) is 9.97 Å². The number of pyridine rings is 1. The molecule has 0 unspecified atom stereocenters. The van der Waals surface area contributed by atoms with E-state index in [0.29, 0.717) is 11.6 Å². The highest BCUT2D eigenvalue weighted by Crippen LogP contribution is 2.28. The SMILES string of the molecule is COc1ccc(CN2CCc3cnc(-c4ccccn4)nc3C2)cc1O. The second-order valence-corrected chi connectivity index (χ2v) is 6.35. The molecule has 2 aromatic heterocycles. The Morgan fingerprint density at radius 1 is 1.19 bits per heavy atom. The lowest BCUT2D eigenvalue weighted by Crippen LogP contribution is -2.31. The van der Waals surface area contributed by atoms with Crippen molar-refractivity contribution in [3.05, 3.63) is 65.6 Å². The van der Waals surface area contributed by atoms with Crippen LogP contribution in [-0.2, 0) is 19.5 Å². The van der Waals surface area contributed by atoms with Gasteiger partial charge in [0.2, 0.25) is 0 Å². The molecule has 3 heterocycles. The van der Waals surface area contributed by atoms with Gasteiger partial charge in [-0.1, -0.05) is 12.1 Å². The van der Waals surface area contributed by atoms with Gasteiger partial charge in [0.15, 0.2) is 17.3 Å². The average Bonchev–Trinajstić information content (AvgIpc) is 2.68. The van der Waals surface area contributed by atoms with Crippen molar-refractivity contribution in [3.63, 3.8) is 0 Å². The zero-order chi connectivity index (χ0) is 17.9. The Morgan fingerprint density at radius 3 is 2.88 bits per heavy atom. The first-order chi connectivity index (χ1) is 12.7. The molecule has 132 valence electrons. The highest BCUT2D eigenvalue weighted by atomic mass is 16.5. The lowest BCUT2D eigenvalue weighted by atomic mass is 10.1. The quantitative estimate of drug-likeness (QED) is 0.782. The third kappa shape index (κ3) is 3.36. The number of rotatable bonds is 4. The Bertz CT molecular complexity index is 915. The van der Waals surface area contributed by atoms with Crippen LogP contribution in [0.3, 0.4) is 0 Å². The zero-order valence-electron chi connectivity index (χ0n) is 14.6. The van der Waals surface area contributed by atoms with Crippen molar-refractivity contribution in [2.24, 2.45) is 0 Å². The molecule has 1 aromatic carbocycles. The number of phenolic OH excluding ortho intramolecular Hbond substituents is 1. The Kier molecular flexibility index (Phi) is 4.50. The number of fused-ring (bicyclic) bond motifs is 1. The van der Waals surface area contributed by atoms with Crippen LogP contribution in [-0.4, -0.2) is 38.6 Å². The van der Waals surface area contributed by atoms with Crippen molar-refractivity contribution in [1.29, 1.82) is 0 Å². The summed E-state index contributed by atoms with van der Waals surface area (Å²) < 4.78 is 5.11. The summed E-state index contributed by atoms with van der Waals surface area (Å²) >= 11 is 0. The third-order valence-corrected chi connectivity index (χ3v) is 4.57. The van der Waals surface area contributed by atoms with Crippen molar-refractivity contribution in [2.75, 3.05) is 13.7 Å². The normalized spacial score (nSPS) is 14.0. The van der Waals surface area contributed by atoms with Crippen LogP contribution in [0, 0.1) is 0 Å². The fourth-order valence-corrected chi connectivity index (χ4v) is 3.20. The van der Waals surface area contributed by atoms with Gasteiger partial charge >= 0.3 is 0 Å².